The predicted octanol–water partition coefficient (Wildman–Crippen LogP) is 14.4. The monoisotopic (exact) mass is 885 g/mol. The molecule has 68 heavy (non-hydrogen) atoms. The van der Waals surface area contributed by atoms with Gasteiger partial charge in [-0.05, 0) is 147 Å². The van der Waals surface area contributed by atoms with E-state index in [2.05, 4.69) is 148 Å². The molecule has 8 heteroatoms. The van der Waals surface area contributed by atoms with Gasteiger partial charge in [-0.2, -0.15) is 0 Å². The summed E-state index contributed by atoms with van der Waals surface area (Å²) in [5.74, 6) is -2.92. The van der Waals surface area contributed by atoms with Gasteiger partial charge in [-0.15, -0.1) is 0 Å². The summed E-state index contributed by atoms with van der Waals surface area (Å²) in [6.45, 7) is -0.0195. The Kier molecular flexibility index (Phi) is 9.05. The summed E-state index contributed by atoms with van der Waals surface area (Å²) in [5, 5.41) is 1.96. The summed E-state index contributed by atoms with van der Waals surface area (Å²) >= 11 is 0. The number of hydrogen-bond acceptors (Lipinski definition) is 2. The van der Waals surface area contributed by atoms with Crippen molar-refractivity contribution in [3.05, 3.63) is 242 Å². The number of anilines is 6. The lowest BCUT2D eigenvalue weighted by Crippen LogP contribution is -2.61. The Bertz CT molecular complexity index is 3680. The molecule has 0 saturated carbocycles. The van der Waals surface area contributed by atoms with Gasteiger partial charge in [-0.1, -0.05) is 103 Å². The largest absolute Gasteiger partial charge is 0.311 e. The summed E-state index contributed by atoms with van der Waals surface area (Å²) < 4.78 is 61.3. The van der Waals surface area contributed by atoms with E-state index in [0.29, 0.717) is 22.4 Å². The maximum absolute atomic E-state index is 15.0. The fraction of sp³-hybridized carbons (Fsp3) is 0. The van der Waals surface area contributed by atoms with E-state index in [4.69, 9.17) is 0 Å². The van der Waals surface area contributed by atoms with E-state index in [1.807, 2.05) is 36.4 Å². The maximum atomic E-state index is 15.0. The van der Waals surface area contributed by atoms with Crippen molar-refractivity contribution >= 4 is 79.0 Å². The van der Waals surface area contributed by atoms with E-state index in [1.54, 1.807) is 12.1 Å². The van der Waals surface area contributed by atoms with Gasteiger partial charge < -0.3 is 14.4 Å². The molecule has 0 saturated heterocycles. The Morgan fingerprint density at radius 2 is 0.779 bits per heavy atom. The van der Waals surface area contributed by atoms with Crippen molar-refractivity contribution in [1.29, 1.82) is 0 Å². The van der Waals surface area contributed by atoms with Crippen LogP contribution in [0, 0.1) is 23.3 Å². The number of hydrogen-bond donors (Lipinski definition) is 0. The van der Waals surface area contributed by atoms with Crippen molar-refractivity contribution in [2.45, 2.75) is 0 Å². The zero-order chi connectivity index (χ0) is 45.6. The Hall–Kier alpha value is -8.62. The normalized spacial score (nSPS) is 12.6. The van der Waals surface area contributed by atoms with E-state index < -0.39 is 23.3 Å². The molecule has 0 fully saturated rings. The summed E-state index contributed by atoms with van der Waals surface area (Å²) in [5.41, 5.74) is 16.3. The summed E-state index contributed by atoms with van der Waals surface area (Å²) in [4.78, 5) is 4.79. The van der Waals surface area contributed by atoms with Crippen molar-refractivity contribution in [3.63, 3.8) is 0 Å². The number of rotatable bonds is 6. The highest BCUT2D eigenvalue weighted by atomic mass is 19.1. The molecule has 0 spiro atoms. The molecule has 0 radical (unpaired) electrons. The van der Waals surface area contributed by atoms with Gasteiger partial charge in [0.1, 0.15) is 23.3 Å². The molecule has 0 amide bonds. The average Bonchev–Trinajstić information content (AvgIpc) is 3.69. The van der Waals surface area contributed by atoms with Crippen LogP contribution in [0.15, 0.2) is 218 Å². The number of fused-ring (bicyclic) bond motifs is 7. The molecule has 0 N–H and O–H groups in total. The highest BCUT2D eigenvalue weighted by molar-refractivity contribution is 7.00. The first-order valence-electron chi connectivity index (χ1n) is 22.5. The first-order chi connectivity index (χ1) is 33.4. The third kappa shape index (κ3) is 6.28. The molecule has 0 unspecified atom stereocenters. The number of aromatic nitrogens is 1. The minimum Gasteiger partial charge on any atom is -0.311 e. The van der Waals surface area contributed by atoms with E-state index >= 15 is 8.78 Å². The summed E-state index contributed by atoms with van der Waals surface area (Å²) in [6, 6.07) is 69.9. The van der Waals surface area contributed by atoms with Crippen LogP contribution in [0.2, 0.25) is 0 Å². The van der Waals surface area contributed by atoms with Crippen LogP contribution in [0.4, 0.5) is 51.7 Å². The number of halogens is 4. The minimum absolute atomic E-state index is 0.0195. The van der Waals surface area contributed by atoms with Crippen LogP contribution in [0.5, 0.6) is 0 Å². The van der Waals surface area contributed by atoms with Gasteiger partial charge in [0.2, 0.25) is 0 Å². The molecule has 1 aromatic heterocycles. The smallest absolute Gasteiger partial charge is 0.252 e. The SMILES string of the molecule is Fc1cc(F)cc(-c2ccc(-n3c4ccccc4c4cc(-c5cc6c7c(c5)N(c5ccccc5)c5ccccc5B7c5ccccc5N6c5ccccc5)ccc43)c(-c3cc(F)cc(F)c3)c2)c1. The topological polar surface area (TPSA) is 11.4 Å². The summed E-state index contributed by atoms with van der Waals surface area (Å²) in [7, 11) is 0. The standard InChI is InChI=1S/C60H36BF4N3/c62-42-27-39(28-43(63)35-42)37-23-25-54(49(31-37)41-29-44(64)36-45(65)30-41)68-53-20-10-7-17-48(53)50-32-38(24-26-55(50)68)40-33-58-60-59(34-40)67(47-15-5-2-6-16-47)57-22-12-9-19-52(57)61(60)51-18-8-11-21-56(51)66(58)46-13-3-1-4-14-46/h1-36H. The van der Waals surface area contributed by atoms with Crippen LogP contribution in [0.3, 0.4) is 0 Å². The van der Waals surface area contributed by atoms with E-state index in [9.17, 15) is 8.78 Å². The molecule has 3 nitrogen and oxygen atoms in total. The second kappa shape index (κ2) is 15.5. The molecule has 11 aromatic rings. The first kappa shape index (κ1) is 39.7. The molecule has 2 aliphatic heterocycles. The van der Waals surface area contributed by atoms with E-state index in [1.165, 1.54) is 40.7 Å². The highest BCUT2D eigenvalue weighted by Crippen LogP contribution is 2.47. The van der Waals surface area contributed by atoms with Crippen molar-refractivity contribution in [2.75, 3.05) is 9.80 Å². The van der Waals surface area contributed by atoms with Crippen LogP contribution in [-0.2, 0) is 0 Å². The Morgan fingerprint density at radius 3 is 1.38 bits per heavy atom. The van der Waals surface area contributed by atoms with Gasteiger partial charge in [0.15, 0.2) is 0 Å². The average molecular weight is 886 g/mol. The molecule has 0 aliphatic carbocycles. The summed E-state index contributed by atoms with van der Waals surface area (Å²) in [6.07, 6.45) is 0. The fourth-order valence-electron chi connectivity index (χ4n) is 10.8. The Balaban J connectivity index is 1.06. The first-order valence-corrected chi connectivity index (χ1v) is 22.5. The van der Waals surface area contributed by atoms with Crippen LogP contribution >= 0.6 is 0 Å². The van der Waals surface area contributed by atoms with Gasteiger partial charge in [0.05, 0.1) is 16.7 Å². The molecule has 0 atom stereocenters. The molecule has 2 aliphatic rings. The van der Waals surface area contributed by atoms with Crippen molar-refractivity contribution in [2.24, 2.45) is 0 Å². The van der Waals surface area contributed by atoms with Gasteiger partial charge in [-0.25, -0.2) is 17.6 Å². The lowest BCUT2D eigenvalue weighted by atomic mass is 9.33. The molecular weight excluding hydrogens is 849 g/mol. The molecule has 0 bridgehead atoms. The van der Waals surface area contributed by atoms with Crippen LogP contribution in [0.1, 0.15) is 0 Å². The third-order valence-corrected chi connectivity index (χ3v) is 13.5. The second-order valence-electron chi connectivity index (χ2n) is 17.5. The Labute approximate surface area is 390 Å². The number of para-hydroxylation sites is 5. The number of benzene rings is 10. The van der Waals surface area contributed by atoms with Crippen molar-refractivity contribution < 1.29 is 17.6 Å². The van der Waals surface area contributed by atoms with E-state index in [0.717, 1.165) is 79.2 Å². The van der Waals surface area contributed by atoms with Gasteiger partial charge in [0, 0.05) is 62.6 Å². The third-order valence-electron chi connectivity index (χ3n) is 13.5. The quantitative estimate of drug-likeness (QED) is 0.122. The molecule has 13 rings (SSSR count). The predicted molar refractivity (Wildman–Crippen MR) is 271 cm³/mol. The van der Waals surface area contributed by atoms with Crippen LogP contribution in [0.25, 0.3) is 60.9 Å². The molecular formula is C60H36BF4N3. The molecule has 322 valence electrons. The molecule has 10 aromatic carbocycles. The van der Waals surface area contributed by atoms with Crippen molar-refractivity contribution in [3.8, 4) is 39.1 Å². The Morgan fingerprint density at radius 1 is 0.309 bits per heavy atom. The fourth-order valence-corrected chi connectivity index (χ4v) is 10.8. The number of nitrogens with zero attached hydrogens (tertiary/aromatic N) is 3. The van der Waals surface area contributed by atoms with Gasteiger partial charge in [-0.3, -0.25) is 0 Å². The van der Waals surface area contributed by atoms with Crippen LogP contribution < -0.4 is 26.2 Å². The highest BCUT2D eigenvalue weighted by Gasteiger charge is 2.43. The zero-order valence-corrected chi connectivity index (χ0v) is 36.2. The molecule has 3 heterocycles. The lowest BCUT2D eigenvalue weighted by Gasteiger charge is -2.44. The van der Waals surface area contributed by atoms with Gasteiger partial charge >= 0.3 is 0 Å². The minimum atomic E-state index is -0.737. The maximum Gasteiger partial charge on any atom is 0.252 e. The second-order valence-corrected chi connectivity index (χ2v) is 17.5. The van der Waals surface area contributed by atoms with Crippen molar-refractivity contribution in [1.82, 2.24) is 4.57 Å². The van der Waals surface area contributed by atoms with Gasteiger partial charge in [0.25, 0.3) is 6.71 Å². The zero-order valence-electron chi connectivity index (χ0n) is 36.2. The van der Waals surface area contributed by atoms with E-state index in [-0.39, 0.29) is 12.3 Å². The van der Waals surface area contributed by atoms with Crippen LogP contribution in [-0.4, -0.2) is 11.3 Å². The lowest BCUT2D eigenvalue weighted by molar-refractivity contribution is 0.583.